The Kier molecular flexibility index (Phi) is 5.50. The van der Waals surface area contributed by atoms with E-state index in [9.17, 15) is 0 Å². The Morgan fingerprint density at radius 2 is 1.78 bits per heavy atom. The van der Waals surface area contributed by atoms with Crippen molar-refractivity contribution in [2.75, 3.05) is 6.54 Å². The lowest BCUT2D eigenvalue weighted by molar-refractivity contribution is 0.00992. The van der Waals surface area contributed by atoms with E-state index in [1.807, 2.05) is 0 Å². The normalized spacial score (nSPS) is 38.8. The Balaban J connectivity index is 1.89. The first kappa shape index (κ1) is 14.3. The average molecular weight is 253 g/mol. The van der Waals surface area contributed by atoms with Crippen molar-refractivity contribution in [3.05, 3.63) is 0 Å². The third-order valence-electron chi connectivity index (χ3n) is 5.08. The van der Waals surface area contributed by atoms with Gasteiger partial charge in [0.05, 0.1) is 12.2 Å². The summed E-state index contributed by atoms with van der Waals surface area (Å²) in [7, 11) is 0. The fourth-order valence-corrected chi connectivity index (χ4v) is 3.89. The fraction of sp³-hybridized carbons (Fsp3) is 1.00. The van der Waals surface area contributed by atoms with Gasteiger partial charge in [-0.2, -0.15) is 0 Å². The number of likely N-dealkylation sites (N-methyl/N-ethyl adjacent to an activating group) is 1. The smallest absolute Gasteiger partial charge is 0.0735 e. The zero-order valence-corrected chi connectivity index (χ0v) is 12.5. The van der Waals surface area contributed by atoms with Gasteiger partial charge < -0.3 is 10.1 Å². The van der Waals surface area contributed by atoms with Crippen LogP contribution >= 0.6 is 0 Å². The molecule has 1 aliphatic carbocycles. The summed E-state index contributed by atoms with van der Waals surface area (Å²) in [6.07, 6.45) is 10.5. The fourth-order valence-electron chi connectivity index (χ4n) is 3.89. The molecule has 0 radical (unpaired) electrons. The van der Waals surface area contributed by atoms with E-state index >= 15 is 0 Å². The molecule has 106 valence electrons. The van der Waals surface area contributed by atoms with Crippen LogP contribution in [0.15, 0.2) is 0 Å². The van der Waals surface area contributed by atoms with Crippen LogP contribution in [0, 0.1) is 11.8 Å². The topological polar surface area (TPSA) is 21.3 Å². The summed E-state index contributed by atoms with van der Waals surface area (Å²) in [4.78, 5) is 0. The largest absolute Gasteiger partial charge is 0.374 e. The number of ether oxygens (including phenoxy) is 1. The second-order valence-electron chi connectivity index (χ2n) is 6.34. The number of hydrogen-bond donors (Lipinski definition) is 1. The Morgan fingerprint density at radius 3 is 2.28 bits per heavy atom. The van der Waals surface area contributed by atoms with Gasteiger partial charge in [-0.3, -0.25) is 0 Å². The van der Waals surface area contributed by atoms with Crippen LogP contribution in [0.2, 0.25) is 0 Å². The summed E-state index contributed by atoms with van der Waals surface area (Å²) in [6, 6.07) is 0.609. The standard InChI is InChI=1S/C16H31NO/c1-4-13-7-9-14(10-8-13)16(17-5-2)15-11-6-12(3)18-15/h12-17H,4-11H2,1-3H3. The minimum atomic E-state index is 0.475. The van der Waals surface area contributed by atoms with Crippen molar-refractivity contribution < 1.29 is 4.74 Å². The summed E-state index contributed by atoms with van der Waals surface area (Å²) >= 11 is 0. The highest BCUT2D eigenvalue weighted by molar-refractivity contribution is 4.90. The van der Waals surface area contributed by atoms with E-state index in [0.717, 1.165) is 18.4 Å². The maximum absolute atomic E-state index is 6.12. The Morgan fingerprint density at radius 1 is 1.06 bits per heavy atom. The highest BCUT2D eigenvalue weighted by atomic mass is 16.5. The predicted octanol–water partition coefficient (Wildman–Crippen LogP) is 3.75. The first-order valence-electron chi connectivity index (χ1n) is 8.13. The molecule has 2 nitrogen and oxygen atoms in total. The molecular weight excluding hydrogens is 222 g/mol. The molecule has 1 aliphatic heterocycles. The SMILES string of the molecule is CCNC(C1CCC(CC)CC1)C1CCC(C)O1. The first-order chi connectivity index (χ1) is 8.74. The Hall–Kier alpha value is -0.0800. The Bertz CT molecular complexity index is 235. The van der Waals surface area contributed by atoms with Gasteiger partial charge in [0.2, 0.25) is 0 Å². The molecule has 3 atom stereocenters. The van der Waals surface area contributed by atoms with Crippen molar-refractivity contribution in [2.45, 2.75) is 84.0 Å². The van der Waals surface area contributed by atoms with Crippen LogP contribution in [-0.4, -0.2) is 24.8 Å². The molecule has 2 fully saturated rings. The maximum Gasteiger partial charge on any atom is 0.0735 e. The van der Waals surface area contributed by atoms with Crippen molar-refractivity contribution in [3.8, 4) is 0 Å². The molecule has 2 heteroatoms. The zero-order chi connectivity index (χ0) is 13.0. The number of rotatable bonds is 5. The van der Waals surface area contributed by atoms with E-state index < -0.39 is 0 Å². The lowest BCUT2D eigenvalue weighted by atomic mass is 9.76. The molecule has 1 saturated heterocycles. The molecule has 1 saturated carbocycles. The molecule has 2 rings (SSSR count). The summed E-state index contributed by atoms with van der Waals surface area (Å²) < 4.78 is 6.12. The van der Waals surface area contributed by atoms with Gasteiger partial charge in [-0.05, 0) is 51.0 Å². The van der Waals surface area contributed by atoms with Gasteiger partial charge in [-0.25, -0.2) is 0 Å². The van der Waals surface area contributed by atoms with E-state index in [4.69, 9.17) is 4.74 Å². The highest BCUT2D eigenvalue weighted by Gasteiger charge is 2.35. The molecule has 1 N–H and O–H groups in total. The molecule has 0 spiro atoms. The van der Waals surface area contributed by atoms with Gasteiger partial charge in [0.15, 0.2) is 0 Å². The molecule has 0 aromatic rings. The molecule has 0 aromatic carbocycles. The third-order valence-corrected chi connectivity index (χ3v) is 5.08. The molecule has 3 unspecified atom stereocenters. The van der Waals surface area contributed by atoms with Crippen LogP contribution in [-0.2, 0) is 4.74 Å². The molecule has 0 amide bonds. The predicted molar refractivity (Wildman–Crippen MR) is 76.8 cm³/mol. The van der Waals surface area contributed by atoms with Gasteiger partial charge >= 0.3 is 0 Å². The molecule has 2 aliphatic rings. The molecule has 1 heterocycles. The van der Waals surface area contributed by atoms with Crippen LogP contribution in [0.4, 0.5) is 0 Å². The summed E-state index contributed by atoms with van der Waals surface area (Å²) in [5.41, 5.74) is 0. The maximum atomic E-state index is 6.12. The highest BCUT2D eigenvalue weighted by Crippen LogP contribution is 2.36. The van der Waals surface area contributed by atoms with Crippen molar-refractivity contribution in [1.82, 2.24) is 5.32 Å². The zero-order valence-electron chi connectivity index (χ0n) is 12.5. The first-order valence-corrected chi connectivity index (χ1v) is 8.13. The number of nitrogens with one attached hydrogen (secondary N) is 1. The second kappa shape index (κ2) is 6.91. The van der Waals surface area contributed by atoms with Crippen molar-refractivity contribution >= 4 is 0 Å². The van der Waals surface area contributed by atoms with Crippen LogP contribution in [0.5, 0.6) is 0 Å². The van der Waals surface area contributed by atoms with E-state index in [-0.39, 0.29) is 0 Å². The molecular formula is C16H31NO. The minimum Gasteiger partial charge on any atom is -0.374 e. The van der Waals surface area contributed by atoms with Crippen molar-refractivity contribution in [1.29, 1.82) is 0 Å². The summed E-state index contributed by atoms with van der Waals surface area (Å²) in [5, 5.41) is 3.72. The third kappa shape index (κ3) is 3.48. The van der Waals surface area contributed by atoms with E-state index in [1.165, 1.54) is 44.9 Å². The van der Waals surface area contributed by atoms with E-state index in [1.54, 1.807) is 0 Å². The monoisotopic (exact) mass is 253 g/mol. The van der Waals surface area contributed by atoms with Gasteiger partial charge in [0.1, 0.15) is 0 Å². The summed E-state index contributed by atoms with van der Waals surface area (Å²) in [5.74, 6) is 1.84. The van der Waals surface area contributed by atoms with E-state index in [2.05, 4.69) is 26.1 Å². The average Bonchev–Trinajstić information content (AvgIpc) is 2.82. The number of hydrogen-bond acceptors (Lipinski definition) is 2. The van der Waals surface area contributed by atoms with Gasteiger partial charge in [-0.1, -0.05) is 33.1 Å². The quantitative estimate of drug-likeness (QED) is 0.805. The lowest BCUT2D eigenvalue weighted by Crippen LogP contribution is -2.46. The van der Waals surface area contributed by atoms with E-state index in [0.29, 0.717) is 18.2 Å². The molecule has 0 aromatic heterocycles. The minimum absolute atomic E-state index is 0.475. The molecule has 18 heavy (non-hydrogen) atoms. The second-order valence-corrected chi connectivity index (χ2v) is 6.34. The van der Waals surface area contributed by atoms with Crippen molar-refractivity contribution in [3.63, 3.8) is 0 Å². The summed E-state index contributed by atoms with van der Waals surface area (Å²) in [6.45, 7) is 7.86. The van der Waals surface area contributed by atoms with Crippen LogP contribution in [0.1, 0.15) is 65.7 Å². The lowest BCUT2D eigenvalue weighted by Gasteiger charge is -2.37. The molecule has 0 bridgehead atoms. The van der Waals surface area contributed by atoms with Crippen LogP contribution in [0.3, 0.4) is 0 Å². The van der Waals surface area contributed by atoms with Gasteiger partial charge in [-0.15, -0.1) is 0 Å². The Labute approximate surface area is 113 Å². The van der Waals surface area contributed by atoms with Crippen LogP contribution < -0.4 is 5.32 Å². The van der Waals surface area contributed by atoms with Crippen molar-refractivity contribution in [2.24, 2.45) is 11.8 Å². The van der Waals surface area contributed by atoms with Gasteiger partial charge in [0, 0.05) is 6.04 Å². The van der Waals surface area contributed by atoms with Crippen LogP contribution in [0.25, 0.3) is 0 Å². The van der Waals surface area contributed by atoms with Gasteiger partial charge in [0.25, 0.3) is 0 Å².